The number of carbonyl (C=O) groups excluding carboxylic acids is 1. The smallest absolute Gasteiger partial charge is 0.417 e. The van der Waals surface area contributed by atoms with E-state index in [1.54, 1.807) is 30.6 Å². The third-order valence-corrected chi connectivity index (χ3v) is 7.19. The van der Waals surface area contributed by atoms with Crippen LogP contribution in [0.1, 0.15) is 34.5 Å². The maximum absolute atomic E-state index is 13.7. The van der Waals surface area contributed by atoms with Gasteiger partial charge < -0.3 is 9.64 Å². The lowest BCUT2D eigenvalue weighted by atomic mass is 9.73. The second-order valence-corrected chi connectivity index (χ2v) is 9.20. The number of ether oxygens (including phenoxy) is 1. The van der Waals surface area contributed by atoms with Crippen LogP contribution >= 0.6 is 0 Å². The van der Waals surface area contributed by atoms with Crippen LogP contribution in [0.3, 0.4) is 0 Å². The summed E-state index contributed by atoms with van der Waals surface area (Å²) < 4.78 is 44.5. The highest BCUT2D eigenvalue weighted by atomic mass is 19.4. The number of hydrogen-bond acceptors (Lipinski definition) is 6. The molecule has 4 atom stereocenters. The Bertz CT molecular complexity index is 1270. The van der Waals surface area contributed by atoms with Crippen LogP contribution in [0, 0.1) is 18.3 Å². The fourth-order valence-electron chi connectivity index (χ4n) is 5.50. The van der Waals surface area contributed by atoms with Crippen LogP contribution in [0.5, 0.6) is 5.88 Å². The Hall–Kier alpha value is -3.56. The van der Waals surface area contributed by atoms with Crippen molar-refractivity contribution in [2.75, 3.05) is 6.54 Å². The summed E-state index contributed by atoms with van der Waals surface area (Å²) in [6, 6.07) is 7.27. The van der Waals surface area contributed by atoms with E-state index in [9.17, 15) is 18.0 Å². The molecule has 3 aliphatic rings. The molecule has 10 heteroatoms. The number of carbonyl (C=O) groups is 1. The van der Waals surface area contributed by atoms with E-state index in [0.717, 1.165) is 30.8 Å². The quantitative estimate of drug-likeness (QED) is 0.578. The molecule has 3 fully saturated rings. The van der Waals surface area contributed by atoms with Crippen molar-refractivity contribution < 1.29 is 22.7 Å². The van der Waals surface area contributed by atoms with Crippen LogP contribution in [-0.2, 0) is 6.18 Å². The molecule has 0 bridgehead atoms. The van der Waals surface area contributed by atoms with Crippen LogP contribution in [-0.4, -0.2) is 49.4 Å². The molecule has 6 rings (SSSR count). The standard InChI is InChI=1S/C24H20F3N5O2/c1-13-3-5-16(19(31-13)21-28-7-2-8-29-21)22(33)32-12-15-9-23(15)10-17(20(23)32)34-18-6-4-14(11-30-18)24(25,26)27/h2-8,11,15,17,20H,9-10,12H2,1H3. The number of rotatable bonds is 4. The van der Waals surface area contributed by atoms with Gasteiger partial charge in [-0.1, -0.05) is 0 Å². The van der Waals surface area contributed by atoms with Crippen molar-refractivity contribution in [1.29, 1.82) is 0 Å². The number of halogens is 3. The molecule has 1 amide bonds. The van der Waals surface area contributed by atoms with Gasteiger partial charge in [0.05, 0.1) is 17.2 Å². The molecule has 1 aliphatic heterocycles. The molecule has 0 N–H and O–H groups in total. The van der Waals surface area contributed by atoms with E-state index >= 15 is 0 Å². The summed E-state index contributed by atoms with van der Waals surface area (Å²) in [6.45, 7) is 2.46. The number of alkyl halides is 3. The molecule has 2 saturated carbocycles. The van der Waals surface area contributed by atoms with Gasteiger partial charge in [-0.05, 0) is 49.9 Å². The monoisotopic (exact) mass is 467 g/mol. The minimum Gasteiger partial charge on any atom is -0.472 e. The second kappa shape index (κ2) is 7.22. The average molecular weight is 467 g/mol. The van der Waals surface area contributed by atoms with Gasteiger partial charge in [0, 0.05) is 42.3 Å². The number of likely N-dealkylation sites (tertiary alicyclic amines) is 1. The highest BCUT2D eigenvalue weighted by Crippen LogP contribution is 2.71. The summed E-state index contributed by atoms with van der Waals surface area (Å²) in [4.78, 5) is 32.4. The Morgan fingerprint density at radius 2 is 1.91 bits per heavy atom. The lowest BCUT2D eigenvalue weighted by molar-refractivity contribution is -0.137. The first-order valence-electron chi connectivity index (χ1n) is 11.0. The summed E-state index contributed by atoms with van der Waals surface area (Å²) >= 11 is 0. The Labute approximate surface area is 193 Å². The molecule has 7 nitrogen and oxygen atoms in total. The minimum absolute atomic E-state index is 0.0355. The van der Waals surface area contributed by atoms with Crippen LogP contribution < -0.4 is 4.74 Å². The van der Waals surface area contributed by atoms with Crippen molar-refractivity contribution in [2.45, 2.75) is 38.1 Å². The molecule has 0 aromatic carbocycles. The zero-order chi connectivity index (χ0) is 23.7. The average Bonchev–Trinajstić information content (AvgIpc) is 3.47. The van der Waals surface area contributed by atoms with E-state index < -0.39 is 11.7 Å². The van der Waals surface area contributed by atoms with Crippen LogP contribution in [0.4, 0.5) is 13.2 Å². The molecule has 0 radical (unpaired) electrons. The summed E-state index contributed by atoms with van der Waals surface area (Å²) in [5, 5.41) is 0. The first-order valence-corrected chi connectivity index (χ1v) is 11.0. The second-order valence-electron chi connectivity index (χ2n) is 9.20. The highest BCUT2D eigenvalue weighted by molar-refractivity contribution is 6.00. The van der Waals surface area contributed by atoms with Crippen LogP contribution in [0.2, 0.25) is 0 Å². The summed E-state index contributed by atoms with van der Waals surface area (Å²) in [6.07, 6.45) is 0.991. The molecule has 1 saturated heterocycles. The number of aromatic nitrogens is 4. The normalized spacial score (nSPS) is 26.9. The van der Waals surface area contributed by atoms with Gasteiger partial charge in [0.15, 0.2) is 5.82 Å². The van der Waals surface area contributed by atoms with Gasteiger partial charge >= 0.3 is 6.18 Å². The zero-order valence-electron chi connectivity index (χ0n) is 18.2. The maximum Gasteiger partial charge on any atom is 0.417 e. The molecule has 3 aromatic rings. The van der Waals surface area contributed by atoms with Crippen molar-refractivity contribution in [3.8, 4) is 17.4 Å². The molecular formula is C24H20F3N5O2. The minimum atomic E-state index is -4.45. The predicted molar refractivity (Wildman–Crippen MR) is 114 cm³/mol. The van der Waals surface area contributed by atoms with E-state index in [-0.39, 0.29) is 29.3 Å². The van der Waals surface area contributed by atoms with Gasteiger partial charge in [0.25, 0.3) is 5.91 Å². The number of aryl methyl sites for hydroxylation is 1. The van der Waals surface area contributed by atoms with Crippen molar-refractivity contribution in [3.63, 3.8) is 0 Å². The Kier molecular flexibility index (Phi) is 4.46. The summed E-state index contributed by atoms with van der Waals surface area (Å²) in [7, 11) is 0. The number of hydrogen-bond donors (Lipinski definition) is 0. The number of piperidine rings is 1. The summed E-state index contributed by atoms with van der Waals surface area (Å²) in [5.74, 6) is 0.751. The topological polar surface area (TPSA) is 81.1 Å². The molecule has 4 unspecified atom stereocenters. The van der Waals surface area contributed by atoms with Crippen molar-refractivity contribution in [1.82, 2.24) is 24.8 Å². The first kappa shape index (κ1) is 21.0. The van der Waals surface area contributed by atoms with E-state index in [0.29, 0.717) is 29.5 Å². The van der Waals surface area contributed by atoms with Crippen molar-refractivity contribution in [2.24, 2.45) is 11.3 Å². The molecule has 174 valence electrons. The Morgan fingerprint density at radius 3 is 2.62 bits per heavy atom. The summed E-state index contributed by atoms with van der Waals surface area (Å²) in [5.41, 5.74) is 0.812. The van der Waals surface area contributed by atoms with Crippen LogP contribution in [0.15, 0.2) is 48.9 Å². The van der Waals surface area contributed by atoms with Crippen molar-refractivity contribution >= 4 is 5.91 Å². The Balaban J connectivity index is 1.26. The predicted octanol–water partition coefficient (Wildman–Crippen LogP) is 3.94. The fourth-order valence-corrected chi connectivity index (χ4v) is 5.50. The number of amides is 1. The molecule has 2 aliphatic carbocycles. The van der Waals surface area contributed by atoms with Gasteiger partial charge in [-0.25, -0.2) is 19.9 Å². The third kappa shape index (κ3) is 3.23. The van der Waals surface area contributed by atoms with Gasteiger partial charge in [0.2, 0.25) is 5.88 Å². The molecule has 4 heterocycles. The van der Waals surface area contributed by atoms with E-state index in [2.05, 4.69) is 19.9 Å². The van der Waals surface area contributed by atoms with Gasteiger partial charge in [-0.2, -0.15) is 13.2 Å². The van der Waals surface area contributed by atoms with E-state index in [1.807, 2.05) is 11.8 Å². The zero-order valence-corrected chi connectivity index (χ0v) is 18.2. The molecule has 34 heavy (non-hydrogen) atoms. The SMILES string of the molecule is Cc1ccc(C(=O)N2CC3CC34CC(Oc3ccc(C(F)(F)F)cn3)C24)c(-c2ncccn2)n1. The lowest BCUT2D eigenvalue weighted by Gasteiger charge is -2.47. The largest absolute Gasteiger partial charge is 0.472 e. The van der Waals surface area contributed by atoms with Crippen molar-refractivity contribution in [3.05, 3.63) is 65.7 Å². The lowest BCUT2D eigenvalue weighted by Crippen LogP contribution is -2.59. The van der Waals surface area contributed by atoms with E-state index in [4.69, 9.17) is 4.74 Å². The molecule has 3 aromatic heterocycles. The maximum atomic E-state index is 13.7. The van der Waals surface area contributed by atoms with Gasteiger partial charge in [-0.15, -0.1) is 0 Å². The molecule has 1 spiro atoms. The Morgan fingerprint density at radius 1 is 1.12 bits per heavy atom. The van der Waals surface area contributed by atoms with Gasteiger partial charge in [-0.3, -0.25) is 4.79 Å². The third-order valence-electron chi connectivity index (χ3n) is 7.19. The number of pyridine rings is 2. The first-order chi connectivity index (χ1) is 16.3. The number of nitrogens with zero attached hydrogens (tertiary/aromatic N) is 5. The van der Waals surface area contributed by atoms with Gasteiger partial charge in [0.1, 0.15) is 11.8 Å². The fraction of sp³-hybridized carbons (Fsp3) is 0.375. The highest BCUT2D eigenvalue weighted by Gasteiger charge is 2.76. The van der Waals surface area contributed by atoms with Crippen LogP contribution in [0.25, 0.3) is 11.5 Å². The van der Waals surface area contributed by atoms with E-state index in [1.165, 1.54) is 6.07 Å². The molecular weight excluding hydrogens is 447 g/mol.